The predicted octanol–water partition coefficient (Wildman–Crippen LogP) is 0.837. The molecule has 0 aliphatic heterocycles. The Morgan fingerprint density at radius 1 is 2.00 bits per heavy atom. The van der Waals surface area contributed by atoms with Crippen LogP contribution < -0.4 is 0 Å². The van der Waals surface area contributed by atoms with E-state index in [4.69, 9.17) is 10.4 Å². The molecule has 44 valence electrons. The molecule has 0 rings (SSSR count). The van der Waals surface area contributed by atoms with E-state index in [1.807, 2.05) is 6.07 Å². The van der Waals surface area contributed by atoms with E-state index in [9.17, 15) is 0 Å². The van der Waals surface area contributed by atoms with Crippen LogP contribution in [0, 0.1) is 11.3 Å². The van der Waals surface area contributed by atoms with Gasteiger partial charge in [-0.2, -0.15) is 5.26 Å². The van der Waals surface area contributed by atoms with Crippen LogP contribution in [-0.4, -0.2) is 10.7 Å². The first-order valence-corrected chi connectivity index (χ1v) is 2.35. The van der Waals surface area contributed by atoms with Crippen molar-refractivity contribution in [2.24, 2.45) is 0 Å². The molecule has 2 heteroatoms. The third kappa shape index (κ3) is 2.38. The molecular formula is C6H9NO. The highest BCUT2D eigenvalue weighted by Crippen LogP contribution is 2.07. The maximum atomic E-state index is 8.98. The molecule has 2 nitrogen and oxygen atoms in total. The molecule has 0 amide bonds. The van der Waals surface area contributed by atoms with E-state index >= 15 is 0 Å². The molecule has 0 fully saturated rings. The number of rotatable bonds is 2. The number of aliphatic hydroxyl groups is 1. The molecule has 1 atom stereocenters. The number of hydrogen-bond acceptors (Lipinski definition) is 2. The third-order valence-electron chi connectivity index (χ3n) is 0.877. The van der Waals surface area contributed by atoms with E-state index in [-0.39, 0.29) is 6.42 Å². The van der Waals surface area contributed by atoms with Crippen molar-refractivity contribution in [2.75, 3.05) is 0 Å². The van der Waals surface area contributed by atoms with Gasteiger partial charge in [-0.1, -0.05) is 6.08 Å². The quantitative estimate of drug-likeness (QED) is 0.536. The summed E-state index contributed by atoms with van der Waals surface area (Å²) in [5.41, 5.74) is -1.01. The van der Waals surface area contributed by atoms with Gasteiger partial charge in [0, 0.05) is 0 Å². The number of nitrogens with zero attached hydrogens (tertiary/aromatic N) is 1. The Kier molecular flexibility index (Phi) is 2.23. The fraction of sp³-hybridized carbons (Fsp3) is 0.500. The molecule has 1 N–H and O–H groups in total. The van der Waals surface area contributed by atoms with Gasteiger partial charge in [0.25, 0.3) is 0 Å². The summed E-state index contributed by atoms with van der Waals surface area (Å²) in [6, 6.07) is 1.84. The van der Waals surface area contributed by atoms with Crippen LogP contribution >= 0.6 is 0 Å². The first-order chi connectivity index (χ1) is 3.62. The van der Waals surface area contributed by atoms with Crippen molar-refractivity contribution in [2.45, 2.75) is 18.9 Å². The molecule has 8 heavy (non-hydrogen) atoms. The van der Waals surface area contributed by atoms with E-state index in [2.05, 4.69) is 6.58 Å². The highest BCUT2D eigenvalue weighted by molar-refractivity contribution is 4.97. The summed E-state index contributed by atoms with van der Waals surface area (Å²) in [7, 11) is 0. The van der Waals surface area contributed by atoms with Crippen molar-refractivity contribution in [3.05, 3.63) is 12.7 Å². The fourth-order valence-corrected chi connectivity index (χ4v) is 0.232. The highest BCUT2D eigenvalue weighted by Gasteiger charge is 2.12. The summed E-state index contributed by atoms with van der Waals surface area (Å²) in [5, 5.41) is 17.1. The second kappa shape index (κ2) is 2.49. The van der Waals surface area contributed by atoms with Gasteiger partial charge in [-0.05, 0) is 6.92 Å². The maximum Gasteiger partial charge on any atom is 0.0926 e. The molecule has 0 aromatic carbocycles. The molecule has 0 aromatic rings. The van der Waals surface area contributed by atoms with Crippen molar-refractivity contribution in [3.8, 4) is 6.07 Å². The molecular weight excluding hydrogens is 102 g/mol. The average Bonchev–Trinajstić information content (AvgIpc) is 1.67. The van der Waals surface area contributed by atoms with Gasteiger partial charge in [0.05, 0.1) is 18.1 Å². The lowest BCUT2D eigenvalue weighted by Gasteiger charge is -2.11. The van der Waals surface area contributed by atoms with Crippen molar-refractivity contribution >= 4 is 0 Å². The van der Waals surface area contributed by atoms with Crippen LogP contribution in [0.15, 0.2) is 12.7 Å². The molecule has 1 unspecified atom stereocenters. The molecule has 0 aliphatic carbocycles. The van der Waals surface area contributed by atoms with Crippen LogP contribution in [0.25, 0.3) is 0 Å². The Labute approximate surface area is 49.1 Å². The Morgan fingerprint density at radius 3 is 2.62 bits per heavy atom. The first-order valence-electron chi connectivity index (χ1n) is 2.35. The lowest BCUT2D eigenvalue weighted by Crippen LogP contribution is -2.18. The monoisotopic (exact) mass is 111 g/mol. The molecule has 0 bridgehead atoms. The van der Waals surface area contributed by atoms with Crippen LogP contribution in [0.4, 0.5) is 0 Å². The molecule has 0 saturated carbocycles. The summed E-state index contributed by atoms with van der Waals surface area (Å²) < 4.78 is 0. The van der Waals surface area contributed by atoms with Gasteiger partial charge in [-0.25, -0.2) is 0 Å². The van der Waals surface area contributed by atoms with Crippen molar-refractivity contribution in [3.63, 3.8) is 0 Å². The standard InChI is InChI=1S/C6H9NO/c1-3-6(2,8)4-5-7/h3,8H,1,4H2,2H3. The van der Waals surface area contributed by atoms with E-state index in [1.165, 1.54) is 6.08 Å². The smallest absolute Gasteiger partial charge is 0.0926 e. The van der Waals surface area contributed by atoms with Crippen LogP contribution in [0.5, 0.6) is 0 Å². The van der Waals surface area contributed by atoms with Gasteiger partial charge in [-0.3, -0.25) is 0 Å². The zero-order valence-electron chi connectivity index (χ0n) is 4.89. The van der Waals surface area contributed by atoms with E-state index in [1.54, 1.807) is 6.92 Å². The van der Waals surface area contributed by atoms with Crippen LogP contribution in [-0.2, 0) is 0 Å². The average molecular weight is 111 g/mol. The first kappa shape index (κ1) is 7.19. The predicted molar refractivity (Wildman–Crippen MR) is 31.1 cm³/mol. The Morgan fingerprint density at radius 2 is 2.50 bits per heavy atom. The summed E-state index contributed by atoms with van der Waals surface area (Å²) in [6.07, 6.45) is 1.46. The minimum atomic E-state index is -1.01. The van der Waals surface area contributed by atoms with Crippen molar-refractivity contribution < 1.29 is 5.11 Å². The zero-order chi connectivity index (χ0) is 6.62. The topological polar surface area (TPSA) is 44.0 Å². The van der Waals surface area contributed by atoms with E-state index in [0.717, 1.165) is 0 Å². The molecule has 0 spiro atoms. The molecule has 0 saturated heterocycles. The van der Waals surface area contributed by atoms with Crippen molar-refractivity contribution in [1.82, 2.24) is 0 Å². The summed E-state index contributed by atoms with van der Waals surface area (Å²) in [6.45, 7) is 4.89. The number of hydrogen-bond donors (Lipinski definition) is 1. The van der Waals surface area contributed by atoms with Gasteiger partial charge in [0.1, 0.15) is 0 Å². The van der Waals surface area contributed by atoms with E-state index in [0.29, 0.717) is 0 Å². The van der Waals surface area contributed by atoms with E-state index < -0.39 is 5.60 Å². The zero-order valence-corrected chi connectivity index (χ0v) is 4.89. The van der Waals surface area contributed by atoms with Gasteiger partial charge < -0.3 is 5.11 Å². The van der Waals surface area contributed by atoms with Gasteiger partial charge in [0.15, 0.2) is 0 Å². The second-order valence-corrected chi connectivity index (χ2v) is 1.90. The molecule has 0 aliphatic rings. The Hall–Kier alpha value is -0.810. The van der Waals surface area contributed by atoms with Crippen molar-refractivity contribution in [1.29, 1.82) is 5.26 Å². The lowest BCUT2D eigenvalue weighted by molar-refractivity contribution is 0.117. The van der Waals surface area contributed by atoms with Gasteiger partial charge in [0.2, 0.25) is 0 Å². The summed E-state index contributed by atoms with van der Waals surface area (Å²) in [4.78, 5) is 0. The fourth-order valence-electron chi connectivity index (χ4n) is 0.232. The molecule has 0 aromatic heterocycles. The SMILES string of the molecule is C=CC(C)(O)CC#N. The lowest BCUT2D eigenvalue weighted by atomic mass is 10.0. The van der Waals surface area contributed by atoms with Crippen LogP contribution in [0.3, 0.4) is 0 Å². The minimum absolute atomic E-state index is 0.108. The molecule has 0 heterocycles. The second-order valence-electron chi connectivity index (χ2n) is 1.90. The molecule has 0 radical (unpaired) electrons. The van der Waals surface area contributed by atoms with Gasteiger partial charge >= 0.3 is 0 Å². The van der Waals surface area contributed by atoms with Crippen LogP contribution in [0.2, 0.25) is 0 Å². The summed E-state index contributed by atoms with van der Waals surface area (Å²) >= 11 is 0. The largest absolute Gasteiger partial charge is 0.385 e. The number of nitriles is 1. The third-order valence-corrected chi connectivity index (χ3v) is 0.877. The minimum Gasteiger partial charge on any atom is -0.385 e. The highest BCUT2D eigenvalue weighted by atomic mass is 16.3. The normalized spacial score (nSPS) is 16.1. The Balaban J connectivity index is 3.76. The maximum absolute atomic E-state index is 8.98. The van der Waals surface area contributed by atoms with Crippen LogP contribution in [0.1, 0.15) is 13.3 Å². The summed E-state index contributed by atoms with van der Waals surface area (Å²) in [5.74, 6) is 0. The van der Waals surface area contributed by atoms with Gasteiger partial charge in [-0.15, -0.1) is 6.58 Å². The Bertz CT molecular complexity index is 121.